The Balaban J connectivity index is 2.00. The van der Waals surface area contributed by atoms with Crippen LogP contribution in [0.1, 0.15) is 23.7 Å². The van der Waals surface area contributed by atoms with Crippen LogP contribution < -0.4 is 10.9 Å². The Morgan fingerprint density at radius 1 is 1.06 bits per heavy atom. The fourth-order valence-corrected chi connectivity index (χ4v) is 5.26. The first kappa shape index (κ1) is 23.0. The van der Waals surface area contributed by atoms with Crippen LogP contribution in [0.4, 0.5) is 5.69 Å². The highest BCUT2D eigenvalue weighted by Crippen LogP contribution is 2.23. The third kappa shape index (κ3) is 4.80. The Morgan fingerprint density at radius 3 is 2.35 bits per heavy atom. The van der Waals surface area contributed by atoms with Gasteiger partial charge in [-0.2, -0.15) is 0 Å². The van der Waals surface area contributed by atoms with E-state index in [1.165, 1.54) is 16.7 Å². The molecule has 31 heavy (non-hydrogen) atoms. The predicted molar refractivity (Wildman–Crippen MR) is 124 cm³/mol. The van der Waals surface area contributed by atoms with Crippen molar-refractivity contribution in [2.45, 2.75) is 43.5 Å². The van der Waals surface area contributed by atoms with Gasteiger partial charge in [-0.15, -0.1) is 0 Å². The van der Waals surface area contributed by atoms with Gasteiger partial charge in [0.05, 0.1) is 4.90 Å². The van der Waals surface area contributed by atoms with Gasteiger partial charge in [0.2, 0.25) is 15.7 Å². The lowest BCUT2D eigenvalue weighted by atomic mass is 10.1. The third-order valence-electron chi connectivity index (χ3n) is 5.02. The number of benzene rings is 2. The molecule has 1 heterocycles. The molecule has 0 saturated heterocycles. The van der Waals surface area contributed by atoms with Gasteiger partial charge in [-0.3, -0.25) is 9.59 Å². The largest absolute Gasteiger partial charge is 0.324 e. The number of para-hydroxylation sites is 1. The van der Waals surface area contributed by atoms with E-state index >= 15 is 0 Å². The lowest BCUT2D eigenvalue weighted by Gasteiger charge is -2.16. The van der Waals surface area contributed by atoms with Crippen LogP contribution in [0, 0.1) is 13.8 Å². The SMILES string of the molecule is CCc1ccccc1NC(=O)Cn1c(C)cc(C)c(S(=O)(=O)c2ccc(Br)cc2)c1=O. The van der Waals surface area contributed by atoms with Gasteiger partial charge in [0, 0.05) is 15.9 Å². The molecular weight excluding hydrogens is 480 g/mol. The number of aryl methyl sites for hydroxylation is 3. The van der Waals surface area contributed by atoms with Crippen molar-refractivity contribution in [1.29, 1.82) is 0 Å². The second-order valence-corrected chi connectivity index (χ2v) is 10.0. The molecule has 162 valence electrons. The van der Waals surface area contributed by atoms with E-state index in [-0.39, 0.29) is 16.3 Å². The standard InChI is InChI=1S/C23H23BrN2O4S/c1-4-17-7-5-6-8-20(17)25-21(27)14-26-16(3)13-15(2)22(23(26)28)31(29,30)19-11-9-18(24)10-12-19/h5-13H,4,14H2,1-3H3,(H,25,27). The van der Waals surface area contributed by atoms with Crippen molar-refractivity contribution in [2.75, 3.05) is 5.32 Å². The number of hydrogen-bond donors (Lipinski definition) is 1. The van der Waals surface area contributed by atoms with E-state index in [1.54, 1.807) is 38.1 Å². The zero-order valence-electron chi connectivity index (χ0n) is 17.5. The van der Waals surface area contributed by atoms with Gasteiger partial charge in [-0.05, 0) is 67.8 Å². The van der Waals surface area contributed by atoms with Gasteiger partial charge in [0.1, 0.15) is 11.4 Å². The molecule has 0 saturated carbocycles. The van der Waals surface area contributed by atoms with E-state index in [1.807, 2.05) is 25.1 Å². The van der Waals surface area contributed by atoms with Crippen molar-refractivity contribution in [1.82, 2.24) is 4.57 Å². The summed E-state index contributed by atoms with van der Waals surface area (Å²) < 4.78 is 28.3. The number of amides is 1. The van der Waals surface area contributed by atoms with Crippen molar-refractivity contribution in [2.24, 2.45) is 0 Å². The first-order valence-electron chi connectivity index (χ1n) is 9.74. The van der Waals surface area contributed by atoms with Gasteiger partial charge < -0.3 is 9.88 Å². The minimum absolute atomic E-state index is 0.0210. The number of rotatable bonds is 6. The number of sulfone groups is 1. The van der Waals surface area contributed by atoms with E-state index < -0.39 is 21.3 Å². The highest BCUT2D eigenvalue weighted by atomic mass is 79.9. The summed E-state index contributed by atoms with van der Waals surface area (Å²) in [6.07, 6.45) is 0.746. The Bertz CT molecular complexity index is 1300. The lowest BCUT2D eigenvalue weighted by Crippen LogP contribution is -2.33. The quantitative estimate of drug-likeness (QED) is 0.545. The molecular formula is C23H23BrN2O4S. The van der Waals surface area contributed by atoms with Crippen molar-refractivity contribution >= 4 is 37.4 Å². The monoisotopic (exact) mass is 502 g/mol. The van der Waals surface area contributed by atoms with E-state index in [9.17, 15) is 18.0 Å². The third-order valence-corrected chi connectivity index (χ3v) is 7.47. The molecule has 0 atom stereocenters. The number of nitrogens with one attached hydrogen (secondary N) is 1. The second-order valence-electron chi connectivity index (χ2n) is 7.21. The zero-order valence-corrected chi connectivity index (χ0v) is 19.9. The molecule has 3 rings (SSSR count). The van der Waals surface area contributed by atoms with Gasteiger partial charge in [-0.1, -0.05) is 41.1 Å². The van der Waals surface area contributed by atoms with Crippen LogP contribution in [-0.2, 0) is 27.6 Å². The Hall–Kier alpha value is -2.71. The molecule has 0 aliphatic carbocycles. The van der Waals surface area contributed by atoms with Crippen LogP contribution in [0.15, 0.2) is 73.7 Å². The van der Waals surface area contributed by atoms with Crippen LogP contribution in [0.5, 0.6) is 0 Å². The average molecular weight is 503 g/mol. The van der Waals surface area contributed by atoms with Gasteiger partial charge in [0.15, 0.2) is 0 Å². The number of aromatic nitrogens is 1. The molecule has 0 bridgehead atoms. The summed E-state index contributed by atoms with van der Waals surface area (Å²) in [7, 11) is -4.05. The van der Waals surface area contributed by atoms with Crippen LogP contribution >= 0.6 is 15.9 Å². The van der Waals surface area contributed by atoms with Crippen LogP contribution in [0.2, 0.25) is 0 Å². The van der Waals surface area contributed by atoms with Crippen LogP contribution in [0.3, 0.4) is 0 Å². The maximum absolute atomic E-state index is 13.2. The Kier molecular flexibility index (Phi) is 6.81. The highest BCUT2D eigenvalue weighted by Gasteiger charge is 2.26. The molecule has 0 aliphatic rings. The molecule has 1 aromatic heterocycles. The minimum Gasteiger partial charge on any atom is -0.324 e. The molecule has 8 heteroatoms. The molecule has 2 aromatic carbocycles. The molecule has 0 aliphatic heterocycles. The minimum atomic E-state index is -4.05. The van der Waals surface area contributed by atoms with Gasteiger partial charge in [-0.25, -0.2) is 8.42 Å². The molecule has 0 unspecified atom stereocenters. The molecule has 1 amide bonds. The predicted octanol–water partition coefficient (Wildman–Crippen LogP) is 4.26. The van der Waals surface area contributed by atoms with Crippen molar-refractivity contribution in [3.8, 4) is 0 Å². The number of hydrogen-bond acceptors (Lipinski definition) is 4. The zero-order chi connectivity index (χ0) is 22.8. The normalized spacial score (nSPS) is 11.4. The number of pyridine rings is 1. The molecule has 1 N–H and O–H groups in total. The summed E-state index contributed by atoms with van der Waals surface area (Å²) in [6, 6.07) is 15.1. The first-order chi connectivity index (χ1) is 14.6. The Labute approximate surface area is 190 Å². The second kappa shape index (κ2) is 9.20. The van der Waals surface area contributed by atoms with E-state index in [0.29, 0.717) is 16.9 Å². The topological polar surface area (TPSA) is 85.2 Å². The summed E-state index contributed by atoms with van der Waals surface area (Å²) in [5, 5.41) is 2.82. The smallest absolute Gasteiger partial charge is 0.270 e. The fraction of sp³-hybridized carbons (Fsp3) is 0.217. The van der Waals surface area contributed by atoms with Crippen molar-refractivity contribution in [3.05, 3.63) is 86.2 Å². The van der Waals surface area contributed by atoms with Gasteiger partial charge >= 0.3 is 0 Å². The fourth-order valence-electron chi connectivity index (χ4n) is 3.45. The number of carbonyl (C=O) groups is 1. The highest BCUT2D eigenvalue weighted by molar-refractivity contribution is 9.10. The summed E-state index contributed by atoms with van der Waals surface area (Å²) in [5.74, 6) is -0.401. The maximum Gasteiger partial charge on any atom is 0.270 e. The molecule has 6 nitrogen and oxygen atoms in total. The number of nitrogens with zero attached hydrogens (tertiary/aromatic N) is 1. The first-order valence-corrected chi connectivity index (χ1v) is 12.0. The summed E-state index contributed by atoms with van der Waals surface area (Å²) in [4.78, 5) is 25.6. The maximum atomic E-state index is 13.2. The van der Waals surface area contributed by atoms with Crippen molar-refractivity contribution in [3.63, 3.8) is 0 Å². The molecule has 0 radical (unpaired) electrons. The summed E-state index contributed by atoms with van der Waals surface area (Å²) in [5.41, 5.74) is 1.80. The van der Waals surface area contributed by atoms with E-state index in [2.05, 4.69) is 21.2 Å². The van der Waals surface area contributed by atoms with Crippen LogP contribution in [-0.4, -0.2) is 18.9 Å². The van der Waals surface area contributed by atoms with Crippen molar-refractivity contribution < 1.29 is 13.2 Å². The number of anilines is 1. The van der Waals surface area contributed by atoms with E-state index in [4.69, 9.17) is 0 Å². The molecule has 0 fully saturated rings. The van der Waals surface area contributed by atoms with Crippen LogP contribution in [0.25, 0.3) is 0 Å². The summed E-state index contributed by atoms with van der Waals surface area (Å²) >= 11 is 3.28. The van der Waals surface area contributed by atoms with E-state index in [0.717, 1.165) is 16.5 Å². The Morgan fingerprint density at radius 2 is 1.71 bits per heavy atom. The number of carbonyl (C=O) groups excluding carboxylic acids is 1. The average Bonchev–Trinajstić information content (AvgIpc) is 2.71. The summed E-state index contributed by atoms with van der Waals surface area (Å²) in [6.45, 7) is 4.96. The molecule has 3 aromatic rings. The molecule has 0 spiro atoms. The number of halogens is 1. The lowest BCUT2D eigenvalue weighted by molar-refractivity contribution is -0.116. The van der Waals surface area contributed by atoms with Gasteiger partial charge in [0.25, 0.3) is 5.56 Å².